The Morgan fingerprint density at radius 2 is 1.62 bits per heavy atom. The minimum Gasteiger partial charge on any atom is -0.507 e. The van der Waals surface area contributed by atoms with Gasteiger partial charge < -0.3 is 24.4 Å². The van der Waals surface area contributed by atoms with Crippen LogP contribution in [0.25, 0.3) is 5.76 Å². The highest BCUT2D eigenvalue weighted by Gasteiger charge is 2.45. The highest BCUT2D eigenvalue weighted by Crippen LogP contribution is 2.40. The van der Waals surface area contributed by atoms with Gasteiger partial charge in [0.1, 0.15) is 23.9 Å². The number of aryl methyl sites for hydroxylation is 1. The third-order valence-electron chi connectivity index (χ3n) is 6.67. The van der Waals surface area contributed by atoms with Gasteiger partial charge in [-0.05, 0) is 88.4 Å². The summed E-state index contributed by atoms with van der Waals surface area (Å²) in [6.45, 7) is 6.06. The number of amides is 1. The minimum atomic E-state index is -0.694. The number of ketones is 1. The van der Waals surface area contributed by atoms with Gasteiger partial charge in [0, 0.05) is 12.1 Å². The van der Waals surface area contributed by atoms with Crippen molar-refractivity contribution in [1.29, 1.82) is 0 Å². The molecule has 0 radical (unpaired) electrons. The summed E-state index contributed by atoms with van der Waals surface area (Å²) in [5.41, 5.74) is 3.49. The topological polar surface area (TPSA) is 79.3 Å². The van der Waals surface area contributed by atoms with E-state index < -0.39 is 17.7 Å². The zero-order chi connectivity index (χ0) is 27.9. The van der Waals surface area contributed by atoms with E-state index in [9.17, 15) is 14.7 Å². The molecule has 1 aliphatic heterocycles. The Hall–Kier alpha value is -4.10. The van der Waals surface area contributed by atoms with Crippen LogP contribution in [0.4, 0.5) is 0 Å². The molecule has 39 heavy (non-hydrogen) atoms. The van der Waals surface area contributed by atoms with Crippen LogP contribution < -0.4 is 9.47 Å². The average molecular weight is 529 g/mol. The van der Waals surface area contributed by atoms with E-state index in [1.807, 2.05) is 75.3 Å². The molecular weight excluding hydrogens is 492 g/mol. The Balaban J connectivity index is 1.63. The lowest BCUT2D eigenvalue weighted by molar-refractivity contribution is -0.139. The van der Waals surface area contributed by atoms with Crippen molar-refractivity contribution in [3.8, 4) is 11.5 Å². The van der Waals surface area contributed by atoms with Crippen LogP contribution in [-0.2, 0) is 16.2 Å². The third kappa shape index (κ3) is 6.67. The summed E-state index contributed by atoms with van der Waals surface area (Å²) in [5.74, 6) is -0.150. The quantitative estimate of drug-likeness (QED) is 0.205. The fourth-order valence-electron chi connectivity index (χ4n) is 4.76. The highest BCUT2D eigenvalue weighted by molar-refractivity contribution is 6.46. The Bertz CT molecular complexity index is 1330. The second-order valence-corrected chi connectivity index (χ2v) is 9.95. The smallest absolute Gasteiger partial charge is 0.295 e. The van der Waals surface area contributed by atoms with Gasteiger partial charge in [-0.2, -0.15) is 0 Å². The van der Waals surface area contributed by atoms with Crippen molar-refractivity contribution < 1.29 is 24.2 Å². The van der Waals surface area contributed by atoms with Gasteiger partial charge in [0.05, 0.1) is 18.2 Å². The molecule has 7 heteroatoms. The summed E-state index contributed by atoms with van der Waals surface area (Å²) in [6, 6.07) is 21.6. The number of hydrogen-bond donors (Lipinski definition) is 1. The van der Waals surface area contributed by atoms with Crippen molar-refractivity contribution >= 4 is 17.4 Å². The number of nitrogens with zero attached hydrogens (tertiary/aromatic N) is 2. The second-order valence-electron chi connectivity index (χ2n) is 9.95. The first-order valence-corrected chi connectivity index (χ1v) is 13.2. The predicted molar refractivity (Wildman–Crippen MR) is 152 cm³/mol. The van der Waals surface area contributed by atoms with Gasteiger partial charge in [0.25, 0.3) is 11.7 Å². The molecule has 1 fully saturated rings. The molecule has 1 N–H and O–H groups in total. The molecule has 1 aliphatic rings. The van der Waals surface area contributed by atoms with Crippen LogP contribution in [0.2, 0.25) is 0 Å². The number of carbonyl (C=O) groups is 2. The molecular formula is C32H36N2O5. The van der Waals surface area contributed by atoms with Gasteiger partial charge in [0.2, 0.25) is 0 Å². The molecule has 204 valence electrons. The molecule has 4 rings (SSSR count). The van der Waals surface area contributed by atoms with Crippen molar-refractivity contribution in [2.45, 2.75) is 32.9 Å². The Morgan fingerprint density at radius 3 is 2.26 bits per heavy atom. The maximum absolute atomic E-state index is 13.3. The summed E-state index contributed by atoms with van der Waals surface area (Å²) in [4.78, 5) is 30.0. The Kier molecular flexibility index (Phi) is 9.04. The van der Waals surface area contributed by atoms with E-state index in [0.29, 0.717) is 43.2 Å². The molecule has 3 aromatic carbocycles. The summed E-state index contributed by atoms with van der Waals surface area (Å²) in [5, 5.41) is 11.3. The van der Waals surface area contributed by atoms with Gasteiger partial charge >= 0.3 is 0 Å². The summed E-state index contributed by atoms with van der Waals surface area (Å²) >= 11 is 0. The van der Waals surface area contributed by atoms with E-state index in [2.05, 4.69) is 6.07 Å². The first kappa shape index (κ1) is 27.9. The zero-order valence-electron chi connectivity index (χ0n) is 23.0. The van der Waals surface area contributed by atoms with Crippen LogP contribution in [0.1, 0.15) is 41.6 Å². The second kappa shape index (κ2) is 12.6. The van der Waals surface area contributed by atoms with Gasteiger partial charge in [-0.3, -0.25) is 9.59 Å². The monoisotopic (exact) mass is 528 g/mol. The van der Waals surface area contributed by atoms with E-state index in [0.717, 1.165) is 23.2 Å². The maximum atomic E-state index is 13.3. The lowest BCUT2D eigenvalue weighted by Gasteiger charge is -2.26. The van der Waals surface area contributed by atoms with Gasteiger partial charge in [-0.1, -0.05) is 42.0 Å². The van der Waals surface area contributed by atoms with Gasteiger partial charge in [0.15, 0.2) is 0 Å². The number of likely N-dealkylation sites (tertiary alicyclic amines) is 1. The van der Waals surface area contributed by atoms with Crippen LogP contribution in [0, 0.1) is 6.92 Å². The van der Waals surface area contributed by atoms with Crippen molar-refractivity contribution in [3.05, 3.63) is 101 Å². The number of benzene rings is 3. The fourth-order valence-corrected chi connectivity index (χ4v) is 4.76. The summed E-state index contributed by atoms with van der Waals surface area (Å²) in [6.07, 6.45) is 0.695. The van der Waals surface area contributed by atoms with E-state index in [-0.39, 0.29) is 11.3 Å². The molecule has 0 saturated carbocycles. The fraction of sp³-hybridized carbons (Fsp3) is 0.312. The number of aliphatic hydroxyl groups is 1. The molecule has 1 atom stereocenters. The number of Topliss-reactive ketones (excluding diaryl/α,β-unsaturated/α-hetero) is 1. The first-order valence-electron chi connectivity index (χ1n) is 13.2. The van der Waals surface area contributed by atoms with Crippen LogP contribution in [-0.4, -0.2) is 60.4 Å². The van der Waals surface area contributed by atoms with E-state index in [4.69, 9.17) is 9.47 Å². The summed E-state index contributed by atoms with van der Waals surface area (Å²) < 4.78 is 11.5. The summed E-state index contributed by atoms with van der Waals surface area (Å²) in [7, 11) is 3.93. The van der Waals surface area contributed by atoms with Crippen LogP contribution >= 0.6 is 0 Å². The number of ether oxygens (including phenoxy) is 2. The minimum absolute atomic E-state index is 0.0856. The number of rotatable bonds is 11. The molecule has 1 saturated heterocycles. The molecule has 1 amide bonds. The van der Waals surface area contributed by atoms with E-state index in [1.165, 1.54) is 0 Å². The van der Waals surface area contributed by atoms with Crippen molar-refractivity contribution in [2.75, 3.05) is 33.8 Å². The molecule has 0 aromatic heterocycles. The third-order valence-corrected chi connectivity index (χ3v) is 6.67. The maximum Gasteiger partial charge on any atom is 0.295 e. The van der Waals surface area contributed by atoms with Crippen molar-refractivity contribution in [3.63, 3.8) is 0 Å². The highest BCUT2D eigenvalue weighted by atomic mass is 16.5. The molecule has 3 aromatic rings. The van der Waals surface area contributed by atoms with Crippen molar-refractivity contribution in [2.24, 2.45) is 0 Å². The largest absolute Gasteiger partial charge is 0.507 e. The average Bonchev–Trinajstić information content (AvgIpc) is 3.17. The number of carbonyl (C=O) groups excluding carboxylic acids is 2. The van der Waals surface area contributed by atoms with Gasteiger partial charge in [-0.15, -0.1) is 0 Å². The molecule has 7 nitrogen and oxygen atoms in total. The van der Waals surface area contributed by atoms with Gasteiger partial charge in [-0.25, -0.2) is 0 Å². The number of aliphatic hydroxyl groups excluding tert-OH is 1. The van der Waals surface area contributed by atoms with Crippen molar-refractivity contribution in [1.82, 2.24) is 9.80 Å². The Morgan fingerprint density at radius 1 is 0.949 bits per heavy atom. The lowest BCUT2D eigenvalue weighted by Crippen LogP contribution is -2.32. The first-order chi connectivity index (χ1) is 18.8. The Labute approximate surface area is 230 Å². The van der Waals surface area contributed by atoms with Crippen LogP contribution in [0.3, 0.4) is 0 Å². The standard InChI is InChI=1S/C32H36N2O5/c1-5-38-26-14-10-24(11-15-26)29-28(31(36)32(37)34(29)19-7-18-33(3)4)30(35)25-12-16-27(17-13-25)39-21-23-9-6-8-22(2)20-23/h6,8-17,20,29,35H,5,7,18-19,21H2,1-4H3/b30-28+/t29-/m0/s1. The van der Waals surface area contributed by atoms with Crippen LogP contribution in [0.15, 0.2) is 78.4 Å². The zero-order valence-corrected chi connectivity index (χ0v) is 23.0. The molecule has 1 heterocycles. The number of hydrogen-bond acceptors (Lipinski definition) is 6. The predicted octanol–water partition coefficient (Wildman–Crippen LogP) is 5.35. The molecule has 0 spiro atoms. The molecule has 0 aliphatic carbocycles. The molecule has 0 bridgehead atoms. The SMILES string of the molecule is CCOc1ccc([C@H]2/C(=C(\O)c3ccc(OCc4cccc(C)c4)cc3)C(=O)C(=O)N2CCCN(C)C)cc1. The molecule has 0 unspecified atom stereocenters. The van der Waals surface area contributed by atoms with E-state index in [1.54, 1.807) is 29.2 Å². The van der Waals surface area contributed by atoms with E-state index >= 15 is 0 Å². The lowest BCUT2D eigenvalue weighted by atomic mass is 9.95. The van der Waals surface area contributed by atoms with Crippen LogP contribution in [0.5, 0.6) is 11.5 Å². The normalized spacial score (nSPS) is 16.6.